The maximum atomic E-state index is 4.42. The van der Waals surface area contributed by atoms with E-state index >= 15 is 0 Å². The predicted octanol–water partition coefficient (Wildman–Crippen LogP) is 0.532. The standard InChI is InChI=1S/C11H18N4/c1-10-3-4-12-11(13-10)9-15-7-5-14(2)6-8-15/h3-4H,5-9H2,1-2H3. The van der Waals surface area contributed by atoms with Crippen molar-refractivity contribution in [3.05, 3.63) is 23.8 Å². The second kappa shape index (κ2) is 4.68. The lowest BCUT2D eigenvalue weighted by Gasteiger charge is -2.31. The second-order valence-corrected chi connectivity index (χ2v) is 4.19. The number of piperazine rings is 1. The monoisotopic (exact) mass is 206 g/mol. The fourth-order valence-corrected chi connectivity index (χ4v) is 1.78. The molecule has 1 fully saturated rings. The third kappa shape index (κ3) is 2.97. The summed E-state index contributed by atoms with van der Waals surface area (Å²) in [6.45, 7) is 7.42. The van der Waals surface area contributed by atoms with E-state index in [0.29, 0.717) is 0 Å². The van der Waals surface area contributed by atoms with Gasteiger partial charge in [0.05, 0.1) is 6.54 Å². The maximum absolute atomic E-state index is 4.42. The molecule has 0 radical (unpaired) electrons. The molecule has 0 aromatic carbocycles. The first kappa shape index (κ1) is 10.5. The molecule has 1 aromatic heterocycles. The average molecular weight is 206 g/mol. The molecule has 0 saturated carbocycles. The van der Waals surface area contributed by atoms with E-state index in [-0.39, 0.29) is 0 Å². The summed E-state index contributed by atoms with van der Waals surface area (Å²) >= 11 is 0. The Balaban J connectivity index is 1.92. The summed E-state index contributed by atoms with van der Waals surface area (Å²) in [5.41, 5.74) is 1.05. The van der Waals surface area contributed by atoms with Gasteiger partial charge in [0.2, 0.25) is 0 Å². The van der Waals surface area contributed by atoms with Crippen LogP contribution < -0.4 is 0 Å². The van der Waals surface area contributed by atoms with Crippen molar-refractivity contribution < 1.29 is 0 Å². The summed E-state index contributed by atoms with van der Waals surface area (Å²) in [6, 6.07) is 1.94. The van der Waals surface area contributed by atoms with Crippen LogP contribution in [0.1, 0.15) is 11.5 Å². The molecule has 0 amide bonds. The van der Waals surface area contributed by atoms with Crippen molar-refractivity contribution >= 4 is 0 Å². The molecule has 0 N–H and O–H groups in total. The highest BCUT2D eigenvalue weighted by atomic mass is 15.3. The van der Waals surface area contributed by atoms with Crippen LogP contribution in [0.2, 0.25) is 0 Å². The van der Waals surface area contributed by atoms with E-state index in [0.717, 1.165) is 44.2 Å². The molecule has 0 bridgehead atoms. The molecular weight excluding hydrogens is 188 g/mol. The lowest BCUT2D eigenvalue weighted by Crippen LogP contribution is -2.44. The summed E-state index contributed by atoms with van der Waals surface area (Å²) in [7, 11) is 2.17. The summed E-state index contributed by atoms with van der Waals surface area (Å²) in [5.74, 6) is 0.944. The van der Waals surface area contributed by atoms with Gasteiger partial charge in [-0.3, -0.25) is 4.90 Å². The molecule has 82 valence electrons. The van der Waals surface area contributed by atoms with Gasteiger partial charge in [-0.05, 0) is 20.0 Å². The predicted molar refractivity (Wildman–Crippen MR) is 59.5 cm³/mol. The lowest BCUT2D eigenvalue weighted by atomic mass is 10.3. The fraction of sp³-hybridized carbons (Fsp3) is 0.636. The zero-order valence-corrected chi connectivity index (χ0v) is 9.48. The largest absolute Gasteiger partial charge is 0.304 e. The summed E-state index contributed by atoms with van der Waals surface area (Å²) < 4.78 is 0. The van der Waals surface area contributed by atoms with Gasteiger partial charge in [-0.1, -0.05) is 0 Å². The smallest absolute Gasteiger partial charge is 0.142 e. The van der Waals surface area contributed by atoms with Gasteiger partial charge in [-0.25, -0.2) is 9.97 Å². The van der Waals surface area contributed by atoms with Crippen LogP contribution in [0.5, 0.6) is 0 Å². The van der Waals surface area contributed by atoms with Gasteiger partial charge < -0.3 is 4.90 Å². The highest BCUT2D eigenvalue weighted by Gasteiger charge is 2.14. The number of hydrogen-bond acceptors (Lipinski definition) is 4. The number of hydrogen-bond donors (Lipinski definition) is 0. The number of likely N-dealkylation sites (N-methyl/N-ethyl adjacent to an activating group) is 1. The van der Waals surface area contributed by atoms with E-state index in [4.69, 9.17) is 0 Å². The highest BCUT2D eigenvalue weighted by molar-refractivity contribution is 4.99. The molecule has 1 saturated heterocycles. The Labute approximate surface area is 90.9 Å². The van der Waals surface area contributed by atoms with Gasteiger partial charge in [0, 0.05) is 38.1 Å². The van der Waals surface area contributed by atoms with E-state index < -0.39 is 0 Å². The summed E-state index contributed by atoms with van der Waals surface area (Å²) in [6.07, 6.45) is 1.84. The summed E-state index contributed by atoms with van der Waals surface area (Å²) in [4.78, 5) is 13.5. The summed E-state index contributed by atoms with van der Waals surface area (Å²) in [5, 5.41) is 0. The lowest BCUT2D eigenvalue weighted by molar-refractivity contribution is 0.145. The number of aryl methyl sites for hydroxylation is 1. The quantitative estimate of drug-likeness (QED) is 0.706. The van der Waals surface area contributed by atoms with Crippen molar-refractivity contribution in [2.24, 2.45) is 0 Å². The maximum Gasteiger partial charge on any atom is 0.142 e. The third-order valence-electron chi connectivity index (χ3n) is 2.81. The van der Waals surface area contributed by atoms with E-state index in [9.17, 15) is 0 Å². The Morgan fingerprint density at radius 3 is 2.67 bits per heavy atom. The first-order valence-corrected chi connectivity index (χ1v) is 5.43. The molecular formula is C11H18N4. The van der Waals surface area contributed by atoms with E-state index in [1.165, 1.54) is 0 Å². The minimum absolute atomic E-state index is 0.884. The van der Waals surface area contributed by atoms with Crippen molar-refractivity contribution in [3.8, 4) is 0 Å². The van der Waals surface area contributed by atoms with Crippen molar-refractivity contribution in [1.82, 2.24) is 19.8 Å². The molecule has 1 aromatic rings. The molecule has 4 heteroatoms. The molecule has 1 aliphatic heterocycles. The minimum atomic E-state index is 0.884. The van der Waals surface area contributed by atoms with Gasteiger partial charge in [0.15, 0.2) is 0 Å². The first-order chi connectivity index (χ1) is 7.24. The average Bonchev–Trinajstić information content (AvgIpc) is 2.22. The van der Waals surface area contributed by atoms with E-state index in [1.54, 1.807) is 0 Å². The van der Waals surface area contributed by atoms with Crippen LogP contribution in [0.3, 0.4) is 0 Å². The Kier molecular flexibility index (Phi) is 3.28. The molecule has 2 rings (SSSR count). The van der Waals surface area contributed by atoms with Crippen LogP contribution in [0.15, 0.2) is 12.3 Å². The Morgan fingerprint density at radius 1 is 1.27 bits per heavy atom. The number of aromatic nitrogens is 2. The highest BCUT2D eigenvalue weighted by Crippen LogP contribution is 2.04. The van der Waals surface area contributed by atoms with Crippen LogP contribution in [0, 0.1) is 6.92 Å². The molecule has 0 aliphatic carbocycles. The third-order valence-corrected chi connectivity index (χ3v) is 2.81. The Bertz CT molecular complexity index is 318. The van der Waals surface area contributed by atoms with Crippen LogP contribution in [-0.2, 0) is 6.54 Å². The van der Waals surface area contributed by atoms with Crippen LogP contribution >= 0.6 is 0 Å². The van der Waals surface area contributed by atoms with Crippen molar-refractivity contribution in [1.29, 1.82) is 0 Å². The molecule has 1 aliphatic rings. The molecule has 0 spiro atoms. The Morgan fingerprint density at radius 2 is 2.00 bits per heavy atom. The minimum Gasteiger partial charge on any atom is -0.304 e. The second-order valence-electron chi connectivity index (χ2n) is 4.19. The molecule has 4 nitrogen and oxygen atoms in total. The van der Waals surface area contributed by atoms with Crippen LogP contribution in [0.4, 0.5) is 0 Å². The van der Waals surface area contributed by atoms with Crippen LogP contribution in [0.25, 0.3) is 0 Å². The van der Waals surface area contributed by atoms with E-state index in [2.05, 4.69) is 26.8 Å². The molecule has 2 heterocycles. The van der Waals surface area contributed by atoms with Crippen molar-refractivity contribution in [3.63, 3.8) is 0 Å². The molecule has 0 atom stereocenters. The normalized spacial score (nSPS) is 19.3. The number of rotatable bonds is 2. The topological polar surface area (TPSA) is 32.3 Å². The van der Waals surface area contributed by atoms with Gasteiger partial charge in [0.25, 0.3) is 0 Å². The molecule has 15 heavy (non-hydrogen) atoms. The van der Waals surface area contributed by atoms with E-state index in [1.807, 2.05) is 19.2 Å². The zero-order chi connectivity index (χ0) is 10.7. The molecule has 0 unspecified atom stereocenters. The van der Waals surface area contributed by atoms with Gasteiger partial charge in [0.1, 0.15) is 5.82 Å². The van der Waals surface area contributed by atoms with Crippen molar-refractivity contribution in [2.75, 3.05) is 33.2 Å². The SMILES string of the molecule is Cc1ccnc(CN2CCN(C)CC2)n1. The number of nitrogens with zero attached hydrogens (tertiary/aromatic N) is 4. The first-order valence-electron chi connectivity index (χ1n) is 5.43. The van der Waals surface area contributed by atoms with Crippen molar-refractivity contribution in [2.45, 2.75) is 13.5 Å². The van der Waals surface area contributed by atoms with Gasteiger partial charge >= 0.3 is 0 Å². The Hall–Kier alpha value is -1.00. The zero-order valence-electron chi connectivity index (χ0n) is 9.48. The fourth-order valence-electron chi connectivity index (χ4n) is 1.78. The van der Waals surface area contributed by atoms with Crippen LogP contribution in [-0.4, -0.2) is 53.0 Å². The van der Waals surface area contributed by atoms with Gasteiger partial charge in [-0.15, -0.1) is 0 Å². The van der Waals surface area contributed by atoms with Gasteiger partial charge in [-0.2, -0.15) is 0 Å².